The number of aryl methyl sites for hydroxylation is 1. The van der Waals surface area contributed by atoms with Gasteiger partial charge in [0.2, 0.25) is 0 Å². The number of amides is 2. The third-order valence-electron chi connectivity index (χ3n) is 4.67. The van der Waals surface area contributed by atoms with Gasteiger partial charge in [-0.3, -0.25) is 9.59 Å². The monoisotopic (exact) mass is 382 g/mol. The number of carbonyl (C=O) groups is 2. The molecule has 1 saturated heterocycles. The topological polar surface area (TPSA) is 76.7 Å². The molecule has 0 saturated carbocycles. The van der Waals surface area contributed by atoms with Gasteiger partial charge in [-0.2, -0.15) is 0 Å². The van der Waals surface area contributed by atoms with E-state index in [0.717, 1.165) is 25.0 Å². The Morgan fingerprint density at radius 1 is 1.21 bits per heavy atom. The van der Waals surface area contributed by atoms with Gasteiger partial charge in [0.1, 0.15) is 5.75 Å². The van der Waals surface area contributed by atoms with E-state index in [4.69, 9.17) is 9.47 Å². The molecule has 1 fully saturated rings. The molecule has 2 amide bonds. The zero-order valence-electron chi connectivity index (χ0n) is 16.2. The van der Waals surface area contributed by atoms with Gasteiger partial charge in [-0.05, 0) is 56.5 Å². The first-order chi connectivity index (χ1) is 13.5. The second-order valence-electron chi connectivity index (χ2n) is 6.94. The Morgan fingerprint density at radius 3 is 2.79 bits per heavy atom. The first-order valence-corrected chi connectivity index (χ1v) is 9.56. The predicted molar refractivity (Wildman–Crippen MR) is 108 cm³/mol. The molecule has 2 unspecified atom stereocenters. The van der Waals surface area contributed by atoms with Crippen LogP contribution in [0.2, 0.25) is 0 Å². The number of benzene rings is 2. The van der Waals surface area contributed by atoms with E-state index in [0.29, 0.717) is 23.5 Å². The molecular weight excluding hydrogens is 356 g/mol. The quantitative estimate of drug-likeness (QED) is 0.770. The summed E-state index contributed by atoms with van der Waals surface area (Å²) < 4.78 is 11.3. The summed E-state index contributed by atoms with van der Waals surface area (Å²) in [7, 11) is 0. The van der Waals surface area contributed by atoms with Crippen molar-refractivity contribution < 1.29 is 19.1 Å². The van der Waals surface area contributed by atoms with E-state index in [1.54, 1.807) is 31.2 Å². The lowest BCUT2D eigenvalue weighted by Crippen LogP contribution is -2.32. The summed E-state index contributed by atoms with van der Waals surface area (Å²) in [5, 5.41) is 5.69. The molecule has 6 heteroatoms. The van der Waals surface area contributed by atoms with E-state index in [2.05, 4.69) is 10.6 Å². The minimum absolute atomic E-state index is 0.0891. The maximum Gasteiger partial charge on any atom is 0.265 e. The number of hydrogen-bond donors (Lipinski definition) is 2. The fourth-order valence-corrected chi connectivity index (χ4v) is 3.03. The number of carbonyl (C=O) groups excluding carboxylic acids is 2. The van der Waals surface area contributed by atoms with Crippen LogP contribution in [0.4, 0.5) is 5.69 Å². The number of ether oxygens (including phenoxy) is 2. The van der Waals surface area contributed by atoms with Crippen LogP contribution in [0.3, 0.4) is 0 Å². The molecule has 6 nitrogen and oxygen atoms in total. The lowest BCUT2D eigenvalue weighted by Gasteiger charge is -2.16. The molecule has 2 atom stereocenters. The standard InChI is InChI=1S/C22H26N2O4/c1-15-7-3-4-11-20(15)28-16(2)21(25)24-18-9-5-8-17(13-18)22(26)23-14-19-10-6-12-27-19/h3-5,7-9,11,13,16,19H,6,10,12,14H2,1-2H3,(H,23,26)(H,24,25). The molecule has 0 aliphatic carbocycles. The molecular formula is C22H26N2O4. The van der Waals surface area contributed by atoms with Crippen LogP contribution < -0.4 is 15.4 Å². The van der Waals surface area contributed by atoms with Crippen LogP contribution in [0.15, 0.2) is 48.5 Å². The Kier molecular flexibility index (Phi) is 6.66. The molecule has 0 spiro atoms. The molecule has 1 heterocycles. The molecule has 1 aliphatic heterocycles. The number of anilines is 1. The smallest absolute Gasteiger partial charge is 0.265 e. The van der Waals surface area contributed by atoms with Crippen LogP contribution >= 0.6 is 0 Å². The Morgan fingerprint density at radius 2 is 2.04 bits per heavy atom. The third-order valence-corrected chi connectivity index (χ3v) is 4.67. The van der Waals surface area contributed by atoms with E-state index in [1.165, 1.54) is 0 Å². The van der Waals surface area contributed by atoms with Gasteiger partial charge in [0.25, 0.3) is 11.8 Å². The Labute approximate surface area is 165 Å². The lowest BCUT2D eigenvalue weighted by molar-refractivity contribution is -0.122. The van der Waals surface area contributed by atoms with Crippen LogP contribution in [0.5, 0.6) is 5.75 Å². The van der Waals surface area contributed by atoms with Crippen LogP contribution in [-0.2, 0) is 9.53 Å². The summed E-state index contributed by atoms with van der Waals surface area (Å²) in [6.07, 6.45) is 1.42. The summed E-state index contributed by atoms with van der Waals surface area (Å²) in [6.45, 7) is 4.88. The van der Waals surface area contributed by atoms with Crippen molar-refractivity contribution in [3.05, 3.63) is 59.7 Å². The first-order valence-electron chi connectivity index (χ1n) is 9.56. The molecule has 28 heavy (non-hydrogen) atoms. The van der Waals surface area contributed by atoms with E-state index >= 15 is 0 Å². The minimum atomic E-state index is -0.668. The van der Waals surface area contributed by atoms with Gasteiger partial charge in [0.05, 0.1) is 6.10 Å². The van der Waals surface area contributed by atoms with E-state index in [9.17, 15) is 9.59 Å². The van der Waals surface area contributed by atoms with Gasteiger partial charge < -0.3 is 20.1 Å². The van der Waals surface area contributed by atoms with Gasteiger partial charge in [0.15, 0.2) is 6.10 Å². The summed E-state index contributed by atoms with van der Waals surface area (Å²) in [5.74, 6) is 0.211. The number of rotatable bonds is 7. The molecule has 2 aromatic rings. The average molecular weight is 382 g/mol. The second-order valence-corrected chi connectivity index (χ2v) is 6.94. The fraction of sp³-hybridized carbons (Fsp3) is 0.364. The molecule has 0 radical (unpaired) electrons. The average Bonchev–Trinajstić information content (AvgIpc) is 3.21. The van der Waals surface area contributed by atoms with Crippen LogP contribution in [0.25, 0.3) is 0 Å². The highest BCUT2D eigenvalue weighted by molar-refractivity contribution is 5.98. The van der Waals surface area contributed by atoms with Crippen molar-refractivity contribution in [3.63, 3.8) is 0 Å². The van der Waals surface area contributed by atoms with E-state index in [1.807, 2.05) is 31.2 Å². The highest BCUT2D eigenvalue weighted by Crippen LogP contribution is 2.19. The van der Waals surface area contributed by atoms with Crippen molar-refractivity contribution in [2.75, 3.05) is 18.5 Å². The van der Waals surface area contributed by atoms with Crippen LogP contribution in [0, 0.1) is 6.92 Å². The SMILES string of the molecule is Cc1ccccc1OC(C)C(=O)Nc1cccc(C(=O)NCC2CCCO2)c1. The molecule has 148 valence electrons. The zero-order chi connectivity index (χ0) is 19.9. The predicted octanol–water partition coefficient (Wildman–Crippen LogP) is 3.31. The van der Waals surface area contributed by atoms with Crippen LogP contribution in [-0.4, -0.2) is 37.2 Å². The Hall–Kier alpha value is -2.86. The molecule has 3 rings (SSSR count). The highest BCUT2D eigenvalue weighted by Gasteiger charge is 2.18. The van der Waals surface area contributed by atoms with Crippen molar-refractivity contribution in [2.45, 2.75) is 38.9 Å². The first kappa shape index (κ1) is 19.9. The fourth-order valence-electron chi connectivity index (χ4n) is 3.03. The zero-order valence-corrected chi connectivity index (χ0v) is 16.2. The van der Waals surface area contributed by atoms with Gasteiger partial charge in [-0.15, -0.1) is 0 Å². The van der Waals surface area contributed by atoms with Crippen LogP contribution in [0.1, 0.15) is 35.7 Å². The third kappa shape index (κ3) is 5.33. The normalized spacial score (nSPS) is 17.0. The second kappa shape index (κ2) is 9.37. The molecule has 0 bridgehead atoms. The van der Waals surface area contributed by atoms with Gasteiger partial charge in [0, 0.05) is 24.4 Å². The van der Waals surface area contributed by atoms with E-state index in [-0.39, 0.29) is 17.9 Å². The van der Waals surface area contributed by atoms with Crippen molar-refractivity contribution >= 4 is 17.5 Å². The van der Waals surface area contributed by atoms with Crippen molar-refractivity contribution in [1.82, 2.24) is 5.32 Å². The van der Waals surface area contributed by atoms with Gasteiger partial charge in [-0.1, -0.05) is 24.3 Å². The van der Waals surface area contributed by atoms with Crippen molar-refractivity contribution in [1.29, 1.82) is 0 Å². The Balaban J connectivity index is 1.56. The largest absolute Gasteiger partial charge is 0.481 e. The van der Waals surface area contributed by atoms with Gasteiger partial charge >= 0.3 is 0 Å². The van der Waals surface area contributed by atoms with Gasteiger partial charge in [-0.25, -0.2) is 0 Å². The summed E-state index contributed by atoms with van der Waals surface area (Å²) in [6, 6.07) is 14.4. The molecule has 2 aromatic carbocycles. The molecule has 0 aromatic heterocycles. The maximum atomic E-state index is 12.5. The molecule has 2 N–H and O–H groups in total. The summed E-state index contributed by atoms with van der Waals surface area (Å²) >= 11 is 0. The number of hydrogen-bond acceptors (Lipinski definition) is 4. The minimum Gasteiger partial charge on any atom is -0.481 e. The van der Waals surface area contributed by atoms with Crippen molar-refractivity contribution in [2.24, 2.45) is 0 Å². The number of nitrogens with one attached hydrogen (secondary N) is 2. The molecule has 1 aliphatic rings. The van der Waals surface area contributed by atoms with Crippen molar-refractivity contribution in [3.8, 4) is 5.75 Å². The Bertz CT molecular complexity index is 831. The summed E-state index contributed by atoms with van der Waals surface area (Å²) in [4.78, 5) is 24.8. The number of para-hydroxylation sites is 1. The summed E-state index contributed by atoms with van der Waals surface area (Å²) in [5.41, 5.74) is 2.00. The highest BCUT2D eigenvalue weighted by atomic mass is 16.5. The van der Waals surface area contributed by atoms with E-state index < -0.39 is 6.10 Å². The lowest BCUT2D eigenvalue weighted by atomic mass is 10.1. The maximum absolute atomic E-state index is 12.5.